The standard InChI is InChI=1S/C23H31N7O/c1-17(26-3)23(30-11-13-31-14-12-30)29-22(28-16-27-20-7-8-20)19-6-4-5-18(15-19)21(24)9-10-25-2/h4-6,9-10,15,20,27H,1,3,7-8,11-14,16,24H2,2H3/b21-9-,25-10?,28-22-,29-23?. The second-order valence-electron chi connectivity index (χ2n) is 7.37. The number of hydrogen-bond donors (Lipinski definition) is 2. The summed E-state index contributed by atoms with van der Waals surface area (Å²) in [5.41, 5.74) is 9.09. The average molecular weight is 422 g/mol. The highest BCUT2D eigenvalue weighted by Crippen LogP contribution is 2.19. The Kier molecular flexibility index (Phi) is 8.26. The first-order valence-electron chi connectivity index (χ1n) is 10.5. The zero-order valence-corrected chi connectivity index (χ0v) is 18.1. The van der Waals surface area contributed by atoms with E-state index >= 15 is 0 Å². The fourth-order valence-electron chi connectivity index (χ4n) is 3.08. The summed E-state index contributed by atoms with van der Waals surface area (Å²) in [6.45, 7) is 10.9. The van der Waals surface area contributed by atoms with Gasteiger partial charge in [0.05, 0.1) is 25.6 Å². The number of nitrogens with two attached hydrogens (primary N) is 1. The van der Waals surface area contributed by atoms with Gasteiger partial charge >= 0.3 is 0 Å². The fraction of sp³-hybridized carbons (Fsp3) is 0.391. The van der Waals surface area contributed by atoms with Crippen LogP contribution >= 0.6 is 0 Å². The SMILES string of the molecule is C=NC(=C)C(=N/C(=N\CNC1CC1)c1cccc(/C(N)=C/C=NC)c1)N1CCOCC1. The van der Waals surface area contributed by atoms with Gasteiger partial charge in [-0.05, 0) is 37.3 Å². The van der Waals surface area contributed by atoms with E-state index in [1.165, 1.54) is 12.8 Å². The number of nitrogens with zero attached hydrogens (tertiary/aromatic N) is 5. The molecule has 0 aromatic heterocycles. The predicted octanol–water partition coefficient (Wildman–Crippen LogP) is 2.09. The minimum atomic E-state index is 0.492. The van der Waals surface area contributed by atoms with E-state index in [1.807, 2.05) is 24.3 Å². The van der Waals surface area contributed by atoms with E-state index in [9.17, 15) is 0 Å². The summed E-state index contributed by atoms with van der Waals surface area (Å²) < 4.78 is 5.48. The molecule has 0 bridgehead atoms. The number of morpholine rings is 1. The monoisotopic (exact) mass is 421 g/mol. The van der Waals surface area contributed by atoms with Crippen LogP contribution in [0.15, 0.2) is 62.6 Å². The number of nitrogens with one attached hydrogen (secondary N) is 1. The van der Waals surface area contributed by atoms with Gasteiger partial charge < -0.3 is 15.4 Å². The van der Waals surface area contributed by atoms with E-state index < -0.39 is 0 Å². The summed E-state index contributed by atoms with van der Waals surface area (Å²) in [4.78, 5) is 19.8. The molecular formula is C23H31N7O. The van der Waals surface area contributed by atoms with Crippen LogP contribution < -0.4 is 11.1 Å². The fourth-order valence-corrected chi connectivity index (χ4v) is 3.08. The summed E-state index contributed by atoms with van der Waals surface area (Å²) in [5, 5.41) is 3.42. The number of rotatable bonds is 8. The third-order valence-corrected chi connectivity index (χ3v) is 5.01. The van der Waals surface area contributed by atoms with Crippen molar-refractivity contribution in [3.05, 3.63) is 53.7 Å². The largest absolute Gasteiger partial charge is 0.398 e. The first kappa shape index (κ1) is 22.6. The van der Waals surface area contributed by atoms with Crippen LogP contribution in [0.1, 0.15) is 24.0 Å². The molecule has 1 saturated heterocycles. The topological polar surface area (TPSA) is 100.0 Å². The van der Waals surface area contributed by atoms with Crippen molar-refractivity contribution in [1.29, 1.82) is 0 Å². The highest BCUT2D eigenvalue weighted by atomic mass is 16.5. The summed E-state index contributed by atoms with van der Waals surface area (Å²) in [5.74, 6) is 1.26. The number of hydrogen-bond acceptors (Lipinski definition) is 6. The lowest BCUT2D eigenvalue weighted by atomic mass is 10.1. The molecule has 0 radical (unpaired) electrons. The Morgan fingerprint density at radius 2 is 2.03 bits per heavy atom. The number of benzene rings is 1. The summed E-state index contributed by atoms with van der Waals surface area (Å²) in [6, 6.07) is 8.41. The van der Waals surface area contributed by atoms with Gasteiger partial charge in [0, 0.05) is 43.7 Å². The molecule has 1 aromatic carbocycles. The Balaban J connectivity index is 1.97. The van der Waals surface area contributed by atoms with E-state index in [4.69, 9.17) is 20.5 Å². The minimum absolute atomic E-state index is 0.492. The van der Waals surface area contributed by atoms with E-state index in [-0.39, 0.29) is 0 Å². The maximum Gasteiger partial charge on any atom is 0.158 e. The zero-order chi connectivity index (χ0) is 22.1. The van der Waals surface area contributed by atoms with Gasteiger partial charge in [0.25, 0.3) is 0 Å². The third kappa shape index (κ3) is 6.70. The Morgan fingerprint density at radius 3 is 2.71 bits per heavy atom. The van der Waals surface area contributed by atoms with Gasteiger partial charge in [0.1, 0.15) is 0 Å². The molecule has 1 saturated carbocycles. The first-order valence-corrected chi connectivity index (χ1v) is 10.5. The lowest BCUT2D eigenvalue weighted by molar-refractivity contribution is 0.0682. The molecule has 0 spiro atoms. The van der Waals surface area contributed by atoms with Gasteiger partial charge in [0.15, 0.2) is 11.7 Å². The van der Waals surface area contributed by atoms with Crippen molar-refractivity contribution < 1.29 is 4.74 Å². The molecule has 1 heterocycles. The highest BCUT2D eigenvalue weighted by Gasteiger charge is 2.21. The lowest BCUT2D eigenvalue weighted by Gasteiger charge is -2.29. The Labute approximate surface area is 184 Å². The Bertz CT molecular complexity index is 906. The van der Waals surface area contributed by atoms with Crippen molar-refractivity contribution in [3.8, 4) is 0 Å². The average Bonchev–Trinajstić information content (AvgIpc) is 3.64. The van der Waals surface area contributed by atoms with Crippen molar-refractivity contribution in [2.24, 2.45) is 25.7 Å². The first-order chi connectivity index (χ1) is 15.1. The van der Waals surface area contributed by atoms with Crippen molar-refractivity contribution in [2.45, 2.75) is 18.9 Å². The van der Waals surface area contributed by atoms with Gasteiger partial charge in [0.2, 0.25) is 0 Å². The zero-order valence-electron chi connectivity index (χ0n) is 18.1. The molecule has 0 unspecified atom stereocenters. The van der Waals surface area contributed by atoms with E-state index in [1.54, 1.807) is 19.3 Å². The highest BCUT2D eigenvalue weighted by molar-refractivity contribution is 6.11. The molecule has 2 fully saturated rings. The van der Waals surface area contributed by atoms with Crippen LogP contribution in [0.5, 0.6) is 0 Å². The Hall–Kier alpha value is -3.10. The molecule has 3 rings (SSSR count). The molecule has 31 heavy (non-hydrogen) atoms. The van der Waals surface area contributed by atoms with E-state index in [2.05, 4.69) is 33.5 Å². The maximum absolute atomic E-state index is 6.21. The number of amidine groups is 2. The van der Waals surface area contributed by atoms with Crippen LogP contribution in [0.3, 0.4) is 0 Å². The van der Waals surface area contributed by atoms with Crippen LogP contribution in [-0.2, 0) is 4.74 Å². The third-order valence-electron chi connectivity index (χ3n) is 5.01. The molecule has 0 atom stereocenters. The molecule has 1 aromatic rings. The van der Waals surface area contributed by atoms with Crippen LogP contribution in [0.2, 0.25) is 0 Å². The minimum Gasteiger partial charge on any atom is -0.398 e. The van der Waals surface area contributed by atoms with Crippen LogP contribution in [0, 0.1) is 0 Å². The molecular weight excluding hydrogens is 390 g/mol. The van der Waals surface area contributed by atoms with Gasteiger partial charge in [-0.2, -0.15) is 0 Å². The van der Waals surface area contributed by atoms with Crippen molar-refractivity contribution in [3.63, 3.8) is 0 Å². The summed E-state index contributed by atoms with van der Waals surface area (Å²) in [7, 11) is 1.71. The predicted molar refractivity (Wildman–Crippen MR) is 129 cm³/mol. The van der Waals surface area contributed by atoms with E-state index in [0.29, 0.717) is 62.1 Å². The van der Waals surface area contributed by atoms with Gasteiger partial charge in [-0.15, -0.1) is 0 Å². The molecule has 1 aliphatic heterocycles. The molecule has 1 aliphatic carbocycles. The number of ether oxygens (including phenoxy) is 1. The van der Waals surface area contributed by atoms with Crippen molar-refractivity contribution in [1.82, 2.24) is 10.2 Å². The van der Waals surface area contributed by atoms with Crippen molar-refractivity contribution >= 4 is 30.3 Å². The molecule has 0 amide bonds. The number of aliphatic imine (C=N–C) groups is 4. The van der Waals surface area contributed by atoms with E-state index in [0.717, 1.165) is 11.1 Å². The smallest absolute Gasteiger partial charge is 0.158 e. The summed E-state index contributed by atoms with van der Waals surface area (Å²) >= 11 is 0. The molecule has 8 nitrogen and oxygen atoms in total. The maximum atomic E-state index is 6.21. The lowest BCUT2D eigenvalue weighted by Crippen LogP contribution is -2.41. The van der Waals surface area contributed by atoms with Crippen LogP contribution in [0.25, 0.3) is 5.70 Å². The molecule has 164 valence electrons. The Morgan fingerprint density at radius 1 is 1.29 bits per heavy atom. The van der Waals surface area contributed by atoms with Crippen LogP contribution in [0.4, 0.5) is 0 Å². The normalized spacial score (nSPS) is 18.5. The molecule has 8 heteroatoms. The second-order valence-corrected chi connectivity index (χ2v) is 7.37. The van der Waals surface area contributed by atoms with Gasteiger partial charge in [-0.1, -0.05) is 24.8 Å². The van der Waals surface area contributed by atoms with Crippen LogP contribution in [-0.4, -0.2) is 75.6 Å². The number of allylic oxidation sites excluding steroid dienone is 1. The quantitative estimate of drug-likeness (QED) is 0.496. The summed E-state index contributed by atoms with van der Waals surface area (Å²) in [6.07, 6.45) is 5.84. The van der Waals surface area contributed by atoms with Gasteiger partial charge in [-0.25, -0.2) is 4.99 Å². The second kappa shape index (κ2) is 11.3. The molecule has 3 N–H and O–H groups in total. The van der Waals surface area contributed by atoms with Crippen molar-refractivity contribution in [2.75, 3.05) is 40.0 Å². The molecule has 2 aliphatic rings. The van der Waals surface area contributed by atoms with Gasteiger partial charge in [-0.3, -0.25) is 20.3 Å².